The number of pyridine rings is 1. The Hall–Kier alpha value is -3.32. The molecule has 0 fully saturated rings. The minimum Gasteiger partial charge on any atom is -0.496 e. The maximum atomic E-state index is 12.6. The molecule has 0 atom stereocenters. The van der Waals surface area contributed by atoms with Gasteiger partial charge in [0.05, 0.1) is 23.9 Å². The molecule has 0 radical (unpaired) electrons. The summed E-state index contributed by atoms with van der Waals surface area (Å²) >= 11 is 1.41. The summed E-state index contributed by atoms with van der Waals surface area (Å²) < 4.78 is 5.23. The molecule has 2 amide bonds. The fourth-order valence-electron chi connectivity index (χ4n) is 2.77. The van der Waals surface area contributed by atoms with E-state index in [0.29, 0.717) is 28.3 Å². The van der Waals surface area contributed by atoms with Gasteiger partial charge in [-0.15, -0.1) is 0 Å². The third-order valence-corrected chi connectivity index (χ3v) is 5.15. The monoisotopic (exact) mass is 377 g/mol. The number of hydrogen-bond acceptors (Lipinski definition) is 5. The van der Waals surface area contributed by atoms with Crippen LogP contribution in [0.1, 0.15) is 20.7 Å². The Bertz CT molecular complexity index is 1050. The number of fused-ring (bicyclic) bond motifs is 2. The first-order chi connectivity index (χ1) is 13.2. The van der Waals surface area contributed by atoms with Gasteiger partial charge in [-0.05, 0) is 42.5 Å². The van der Waals surface area contributed by atoms with E-state index in [9.17, 15) is 9.59 Å². The van der Waals surface area contributed by atoms with Crippen molar-refractivity contribution >= 4 is 35.0 Å². The largest absolute Gasteiger partial charge is 0.496 e. The number of ether oxygens (including phenoxy) is 1. The number of amides is 2. The Morgan fingerprint density at radius 3 is 2.85 bits per heavy atom. The van der Waals surface area contributed by atoms with Gasteiger partial charge in [0.1, 0.15) is 10.8 Å². The van der Waals surface area contributed by atoms with Crippen LogP contribution in [0.4, 0.5) is 11.4 Å². The summed E-state index contributed by atoms with van der Waals surface area (Å²) in [6, 6.07) is 15.8. The number of hydrogen-bond donors (Lipinski definition) is 2. The van der Waals surface area contributed by atoms with Crippen molar-refractivity contribution in [2.45, 2.75) is 9.92 Å². The quantitative estimate of drug-likeness (QED) is 0.719. The number of rotatable bonds is 3. The molecule has 134 valence electrons. The molecule has 0 spiro atoms. The zero-order valence-electron chi connectivity index (χ0n) is 14.4. The lowest BCUT2D eigenvalue weighted by Gasteiger charge is -2.11. The van der Waals surface area contributed by atoms with Crippen LogP contribution in [0.2, 0.25) is 0 Å². The van der Waals surface area contributed by atoms with Gasteiger partial charge in [0, 0.05) is 16.8 Å². The van der Waals surface area contributed by atoms with E-state index in [-0.39, 0.29) is 11.8 Å². The molecule has 2 N–H and O–H groups in total. The number of nitrogens with zero attached hydrogens (tertiary/aromatic N) is 1. The molecule has 1 aliphatic rings. The van der Waals surface area contributed by atoms with Crippen LogP contribution in [0.15, 0.2) is 70.7 Å². The molecule has 7 heteroatoms. The summed E-state index contributed by atoms with van der Waals surface area (Å²) in [5, 5.41) is 6.41. The molecule has 3 aromatic rings. The van der Waals surface area contributed by atoms with Crippen LogP contribution in [0.25, 0.3) is 0 Å². The normalized spacial score (nSPS) is 12.3. The summed E-state index contributed by atoms with van der Waals surface area (Å²) in [5.74, 6) is -0.0590. The van der Waals surface area contributed by atoms with Gasteiger partial charge in [0.25, 0.3) is 11.8 Å². The van der Waals surface area contributed by atoms with Gasteiger partial charge in [-0.3, -0.25) is 9.59 Å². The van der Waals surface area contributed by atoms with Gasteiger partial charge < -0.3 is 15.4 Å². The van der Waals surface area contributed by atoms with Crippen LogP contribution >= 0.6 is 11.8 Å². The van der Waals surface area contributed by atoms with Crippen molar-refractivity contribution in [3.8, 4) is 5.75 Å². The van der Waals surface area contributed by atoms with Gasteiger partial charge >= 0.3 is 0 Å². The van der Waals surface area contributed by atoms with E-state index in [1.165, 1.54) is 18.9 Å². The number of methoxy groups -OCH3 is 1. The Balaban J connectivity index is 1.63. The van der Waals surface area contributed by atoms with Crippen molar-refractivity contribution in [3.05, 3.63) is 71.9 Å². The van der Waals surface area contributed by atoms with Crippen molar-refractivity contribution in [2.75, 3.05) is 17.7 Å². The molecular weight excluding hydrogens is 362 g/mol. The number of nitrogens with one attached hydrogen (secondary N) is 2. The molecule has 2 heterocycles. The zero-order chi connectivity index (χ0) is 18.8. The minimum absolute atomic E-state index is 0.238. The SMILES string of the molecule is COc1ccccc1C(=O)Nc1ccc2c(c1)C(=O)Nc1cccnc1S2. The van der Waals surface area contributed by atoms with Gasteiger partial charge in [0.2, 0.25) is 0 Å². The van der Waals surface area contributed by atoms with E-state index < -0.39 is 0 Å². The molecule has 1 aliphatic heterocycles. The van der Waals surface area contributed by atoms with Crippen molar-refractivity contribution < 1.29 is 14.3 Å². The van der Waals surface area contributed by atoms with E-state index >= 15 is 0 Å². The third-order valence-electron chi connectivity index (χ3n) is 4.06. The lowest BCUT2D eigenvalue weighted by atomic mass is 10.1. The molecule has 4 rings (SSSR count). The molecule has 0 saturated carbocycles. The van der Waals surface area contributed by atoms with Gasteiger partial charge in [-0.25, -0.2) is 4.98 Å². The molecule has 6 nitrogen and oxygen atoms in total. The molecule has 0 unspecified atom stereocenters. The highest BCUT2D eigenvalue weighted by atomic mass is 32.2. The van der Waals surface area contributed by atoms with Crippen LogP contribution in [-0.2, 0) is 0 Å². The van der Waals surface area contributed by atoms with E-state index in [2.05, 4.69) is 15.6 Å². The second-order valence-corrected chi connectivity index (χ2v) is 6.81. The van der Waals surface area contributed by atoms with Crippen LogP contribution in [0, 0.1) is 0 Å². The molecular formula is C20H15N3O3S. The molecule has 0 aliphatic carbocycles. The zero-order valence-corrected chi connectivity index (χ0v) is 15.2. The van der Waals surface area contributed by atoms with E-state index in [0.717, 1.165) is 9.92 Å². The smallest absolute Gasteiger partial charge is 0.259 e. The van der Waals surface area contributed by atoms with Crippen molar-refractivity contribution in [2.24, 2.45) is 0 Å². The fourth-order valence-corrected chi connectivity index (χ4v) is 3.71. The van der Waals surface area contributed by atoms with Crippen molar-refractivity contribution in [1.82, 2.24) is 4.98 Å². The van der Waals surface area contributed by atoms with E-state index in [4.69, 9.17) is 4.74 Å². The Morgan fingerprint density at radius 2 is 2.00 bits per heavy atom. The van der Waals surface area contributed by atoms with E-state index in [1.54, 1.807) is 54.7 Å². The highest BCUT2D eigenvalue weighted by Crippen LogP contribution is 2.38. The standard InChI is InChI=1S/C20H15N3O3S/c1-26-16-7-3-2-5-13(16)18(24)22-12-8-9-17-14(11-12)19(25)23-15-6-4-10-21-20(15)27-17/h2-11H,1H3,(H,22,24)(H,23,25). The van der Waals surface area contributed by atoms with Crippen LogP contribution in [0.5, 0.6) is 5.75 Å². The van der Waals surface area contributed by atoms with Crippen LogP contribution in [-0.4, -0.2) is 23.9 Å². The van der Waals surface area contributed by atoms with E-state index in [1.807, 2.05) is 6.07 Å². The fraction of sp³-hybridized carbons (Fsp3) is 0.0500. The maximum absolute atomic E-state index is 12.6. The first-order valence-corrected chi connectivity index (χ1v) is 9.00. The summed E-state index contributed by atoms with van der Waals surface area (Å²) in [7, 11) is 1.52. The third kappa shape index (κ3) is 3.37. The Kier molecular flexibility index (Phi) is 4.52. The maximum Gasteiger partial charge on any atom is 0.259 e. The second-order valence-electron chi connectivity index (χ2n) is 5.78. The first-order valence-electron chi connectivity index (χ1n) is 8.18. The molecule has 27 heavy (non-hydrogen) atoms. The lowest BCUT2D eigenvalue weighted by molar-refractivity contribution is 0.101. The Labute approximate surface area is 160 Å². The summed E-state index contributed by atoms with van der Waals surface area (Å²) in [5.41, 5.74) is 2.10. The molecule has 0 saturated heterocycles. The van der Waals surface area contributed by atoms with Crippen LogP contribution in [0.3, 0.4) is 0 Å². The number of carbonyl (C=O) groups excluding carboxylic acids is 2. The number of aromatic nitrogens is 1. The number of carbonyl (C=O) groups is 2. The molecule has 0 bridgehead atoms. The average molecular weight is 377 g/mol. The topological polar surface area (TPSA) is 80.3 Å². The predicted molar refractivity (Wildman–Crippen MR) is 104 cm³/mol. The Morgan fingerprint density at radius 1 is 1.15 bits per heavy atom. The van der Waals surface area contributed by atoms with Gasteiger partial charge in [-0.1, -0.05) is 23.9 Å². The van der Waals surface area contributed by atoms with Gasteiger partial charge in [0.15, 0.2) is 0 Å². The molecule has 2 aromatic carbocycles. The lowest BCUT2D eigenvalue weighted by Crippen LogP contribution is -2.15. The summed E-state index contributed by atoms with van der Waals surface area (Å²) in [6.45, 7) is 0. The summed E-state index contributed by atoms with van der Waals surface area (Å²) in [4.78, 5) is 30.3. The minimum atomic E-state index is -0.306. The highest BCUT2D eigenvalue weighted by Gasteiger charge is 2.21. The number of para-hydroxylation sites is 1. The summed E-state index contributed by atoms with van der Waals surface area (Å²) in [6.07, 6.45) is 1.69. The highest BCUT2D eigenvalue weighted by molar-refractivity contribution is 7.99. The van der Waals surface area contributed by atoms with Gasteiger partial charge in [-0.2, -0.15) is 0 Å². The molecule has 1 aromatic heterocycles. The number of benzene rings is 2. The average Bonchev–Trinajstić information content (AvgIpc) is 2.83. The number of anilines is 2. The van der Waals surface area contributed by atoms with Crippen molar-refractivity contribution in [1.29, 1.82) is 0 Å². The van der Waals surface area contributed by atoms with Crippen LogP contribution < -0.4 is 15.4 Å². The van der Waals surface area contributed by atoms with Crippen molar-refractivity contribution in [3.63, 3.8) is 0 Å². The second kappa shape index (κ2) is 7.13. The first kappa shape index (κ1) is 17.1. The predicted octanol–water partition coefficient (Wildman–Crippen LogP) is 4.06.